The molecule has 1 atom stereocenters. The Labute approximate surface area is 192 Å². The van der Waals surface area contributed by atoms with Crippen LogP contribution in [0.15, 0.2) is 23.2 Å². The second kappa shape index (κ2) is 13.9. The van der Waals surface area contributed by atoms with Crippen LogP contribution in [0.1, 0.15) is 27.7 Å². The number of rotatable bonds is 9. The van der Waals surface area contributed by atoms with Gasteiger partial charge in [-0.2, -0.15) is 0 Å². The number of anilines is 1. The first-order valence-electron chi connectivity index (χ1n) is 10.3. The molecule has 0 aromatic heterocycles. The summed E-state index contributed by atoms with van der Waals surface area (Å²) in [6.07, 6.45) is 0. The maximum atomic E-state index is 5.68. The average molecular weight is 520 g/mol. The highest BCUT2D eigenvalue weighted by molar-refractivity contribution is 14.0. The number of methoxy groups -OCH3 is 1. The second-order valence-electron chi connectivity index (χ2n) is 7.10. The van der Waals surface area contributed by atoms with Crippen molar-refractivity contribution in [2.45, 2.75) is 33.7 Å². The first-order chi connectivity index (χ1) is 13.6. The van der Waals surface area contributed by atoms with Crippen molar-refractivity contribution in [3.63, 3.8) is 0 Å². The van der Waals surface area contributed by atoms with E-state index in [1.165, 1.54) is 0 Å². The van der Waals surface area contributed by atoms with E-state index in [1.54, 1.807) is 7.11 Å². The van der Waals surface area contributed by atoms with Crippen LogP contribution < -0.4 is 20.1 Å². The van der Waals surface area contributed by atoms with E-state index in [4.69, 9.17) is 19.2 Å². The standard InChI is InChI=1S/C21H36N4O3.HI/c1-6-22-21(23-15-18(16(3)4)25-10-12-27-13-11-25)24-17-8-9-19(26-5)20(14-17)28-7-2;/h8-9,14,16,18H,6-7,10-13,15H2,1-5H3,(H2,22,23,24);1H. The van der Waals surface area contributed by atoms with Crippen molar-refractivity contribution in [3.8, 4) is 11.5 Å². The summed E-state index contributed by atoms with van der Waals surface area (Å²) in [7, 11) is 1.65. The Morgan fingerprint density at radius 1 is 1.21 bits per heavy atom. The number of hydrogen-bond acceptors (Lipinski definition) is 5. The molecule has 2 rings (SSSR count). The van der Waals surface area contributed by atoms with Gasteiger partial charge in [0.05, 0.1) is 33.5 Å². The fourth-order valence-corrected chi connectivity index (χ4v) is 3.31. The van der Waals surface area contributed by atoms with Crippen molar-refractivity contribution in [3.05, 3.63) is 18.2 Å². The number of guanidine groups is 1. The number of aliphatic imine (C=N–C) groups is 1. The number of morpholine rings is 1. The Kier molecular flexibility index (Phi) is 12.3. The van der Waals surface area contributed by atoms with Crippen molar-refractivity contribution in [2.75, 3.05) is 58.4 Å². The lowest BCUT2D eigenvalue weighted by Crippen LogP contribution is -2.48. The summed E-state index contributed by atoms with van der Waals surface area (Å²) in [4.78, 5) is 7.35. The monoisotopic (exact) mass is 520 g/mol. The largest absolute Gasteiger partial charge is 0.493 e. The van der Waals surface area contributed by atoms with Crippen molar-refractivity contribution in [2.24, 2.45) is 10.9 Å². The SMILES string of the molecule is CCNC(=NCC(C(C)C)N1CCOCC1)Nc1ccc(OC)c(OCC)c1.I. The third kappa shape index (κ3) is 8.18. The van der Waals surface area contributed by atoms with Crippen LogP contribution in [-0.4, -0.2) is 70.0 Å². The zero-order valence-corrected chi connectivity index (χ0v) is 20.7. The Bertz CT molecular complexity index is 622. The molecule has 2 N–H and O–H groups in total. The van der Waals surface area contributed by atoms with Crippen molar-refractivity contribution in [1.29, 1.82) is 0 Å². The molecule has 0 spiro atoms. The lowest BCUT2D eigenvalue weighted by atomic mass is 10.0. The summed E-state index contributed by atoms with van der Waals surface area (Å²) in [6.45, 7) is 14.2. The minimum absolute atomic E-state index is 0. The molecule has 0 saturated carbocycles. The molecule has 166 valence electrons. The van der Waals surface area contributed by atoms with Gasteiger partial charge in [-0.1, -0.05) is 13.8 Å². The van der Waals surface area contributed by atoms with E-state index in [2.05, 4.69) is 36.3 Å². The summed E-state index contributed by atoms with van der Waals surface area (Å²) >= 11 is 0. The molecule has 1 aromatic rings. The van der Waals surface area contributed by atoms with E-state index in [-0.39, 0.29) is 24.0 Å². The molecule has 1 heterocycles. The van der Waals surface area contributed by atoms with Gasteiger partial charge in [-0.25, -0.2) is 0 Å². The van der Waals surface area contributed by atoms with E-state index >= 15 is 0 Å². The molecule has 1 saturated heterocycles. The van der Waals surface area contributed by atoms with Crippen LogP contribution >= 0.6 is 24.0 Å². The fraction of sp³-hybridized carbons (Fsp3) is 0.667. The van der Waals surface area contributed by atoms with Gasteiger partial charge in [0, 0.05) is 37.4 Å². The van der Waals surface area contributed by atoms with Crippen molar-refractivity contribution in [1.82, 2.24) is 10.2 Å². The quantitative estimate of drug-likeness (QED) is 0.296. The minimum atomic E-state index is 0. The molecule has 1 aliphatic heterocycles. The smallest absolute Gasteiger partial charge is 0.195 e. The summed E-state index contributed by atoms with van der Waals surface area (Å²) in [5.41, 5.74) is 0.913. The number of nitrogens with one attached hydrogen (secondary N) is 2. The van der Waals surface area contributed by atoms with Crippen LogP contribution in [-0.2, 0) is 4.74 Å². The van der Waals surface area contributed by atoms with Crippen LogP contribution in [0.5, 0.6) is 11.5 Å². The van der Waals surface area contributed by atoms with Gasteiger partial charge in [-0.15, -0.1) is 24.0 Å². The third-order valence-electron chi connectivity index (χ3n) is 4.79. The summed E-state index contributed by atoms with van der Waals surface area (Å²) in [6, 6.07) is 6.21. The van der Waals surface area contributed by atoms with E-state index in [9.17, 15) is 0 Å². The summed E-state index contributed by atoms with van der Waals surface area (Å²) < 4.78 is 16.5. The Morgan fingerprint density at radius 2 is 1.93 bits per heavy atom. The highest BCUT2D eigenvalue weighted by Gasteiger charge is 2.23. The predicted octanol–water partition coefficient (Wildman–Crippen LogP) is 3.45. The Hall–Kier alpha value is -1.26. The van der Waals surface area contributed by atoms with Gasteiger partial charge >= 0.3 is 0 Å². The number of hydrogen-bond donors (Lipinski definition) is 2. The van der Waals surface area contributed by atoms with Gasteiger partial charge in [0.2, 0.25) is 0 Å². The molecule has 0 aliphatic carbocycles. The van der Waals surface area contributed by atoms with Gasteiger partial charge in [-0.3, -0.25) is 9.89 Å². The molecule has 1 fully saturated rings. The predicted molar refractivity (Wildman–Crippen MR) is 130 cm³/mol. The molecule has 7 nitrogen and oxygen atoms in total. The molecule has 1 aliphatic rings. The fourth-order valence-electron chi connectivity index (χ4n) is 3.31. The second-order valence-corrected chi connectivity index (χ2v) is 7.10. The average Bonchev–Trinajstić information content (AvgIpc) is 2.69. The molecule has 8 heteroatoms. The normalized spacial score (nSPS) is 16.1. The van der Waals surface area contributed by atoms with E-state index in [0.29, 0.717) is 18.6 Å². The van der Waals surface area contributed by atoms with Crippen molar-refractivity contribution >= 4 is 35.6 Å². The zero-order valence-electron chi connectivity index (χ0n) is 18.4. The molecule has 0 amide bonds. The lowest BCUT2D eigenvalue weighted by molar-refractivity contribution is 0.00869. The first-order valence-corrected chi connectivity index (χ1v) is 10.3. The van der Waals surface area contributed by atoms with Crippen LogP contribution in [0.2, 0.25) is 0 Å². The molecule has 0 radical (unpaired) electrons. The van der Waals surface area contributed by atoms with Crippen LogP contribution in [0.25, 0.3) is 0 Å². The van der Waals surface area contributed by atoms with Gasteiger partial charge < -0.3 is 24.8 Å². The van der Waals surface area contributed by atoms with E-state index in [1.807, 2.05) is 25.1 Å². The van der Waals surface area contributed by atoms with Gasteiger partial charge in [-0.05, 0) is 31.9 Å². The number of nitrogens with zero attached hydrogens (tertiary/aromatic N) is 2. The molecular formula is C21H37IN4O3. The van der Waals surface area contributed by atoms with Crippen LogP contribution in [0.4, 0.5) is 5.69 Å². The first kappa shape index (κ1) is 25.8. The topological polar surface area (TPSA) is 67.4 Å². The zero-order chi connectivity index (χ0) is 20.4. The third-order valence-corrected chi connectivity index (χ3v) is 4.79. The minimum Gasteiger partial charge on any atom is -0.493 e. The number of ether oxygens (including phenoxy) is 3. The van der Waals surface area contributed by atoms with Gasteiger partial charge in [0.1, 0.15) is 0 Å². The van der Waals surface area contributed by atoms with E-state index < -0.39 is 0 Å². The van der Waals surface area contributed by atoms with Gasteiger partial charge in [0.25, 0.3) is 0 Å². The number of benzene rings is 1. The molecule has 29 heavy (non-hydrogen) atoms. The molecule has 1 unspecified atom stereocenters. The molecule has 0 bridgehead atoms. The maximum absolute atomic E-state index is 5.68. The van der Waals surface area contributed by atoms with Crippen LogP contribution in [0.3, 0.4) is 0 Å². The Morgan fingerprint density at radius 3 is 2.52 bits per heavy atom. The summed E-state index contributed by atoms with van der Waals surface area (Å²) in [5, 5.41) is 6.72. The lowest BCUT2D eigenvalue weighted by Gasteiger charge is -2.36. The van der Waals surface area contributed by atoms with Crippen LogP contribution in [0, 0.1) is 5.92 Å². The molecular weight excluding hydrogens is 483 g/mol. The Balaban J connectivity index is 0.00000420. The molecule has 1 aromatic carbocycles. The van der Waals surface area contributed by atoms with Gasteiger partial charge in [0.15, 0.2) is 17.5 Å². The highest BCUT2D eigenvalue weighted by Crippen LogP contribution is 2.30. The maximum Gasteiger partial charge on any atom is 0.195 e. The van der Waals surface area contributed by atoms with Crippen molar-refractivity contribution < 1.29 is 14.2 Å². The highest BCUT2D eigenvalue weighted by atomic mass is 127. The number of halogens is 1. The summed E-state index contributed by atoms with van der Waals surface area (Å²) in [5.74, 6) is 2.74. The van der Waals surface area contributed by atoms with E-state index in [0.717, 1.165) is 62.5 Å².